The number of fused-ring (bicyclic) bond motifs is 1. The summed E-state index contributed by atoms with van der Waals surface area (Å²) in [6.07, 6.45) is 2.80. The number of piperidine rings is 1. The van der Waals surface area contributed by atoms with Crippen LogP contribution in [0.4, 0.5) is 5.82 Å². The smallest absolute Gasteiger partial charge is 0.270 e. The number of aryl methyl sites for hydroxylation is 1. The summed E-state index contributed by atoms with van der Waals surface area (Å²) >= 11 is 0. The fourth-order valence-electron chi connectivity index (χ4n) is 3.85. The van der Waals surface area contributed by atoms with Crippen LogP contribution >= 0.6 is 0 Å². The van der Waals surface area contributed by atoms with Crippen molar-refractivity contribution in [3.05, 3.63) is 46.9 Å². The van der Waals surface area contributed by atoms with E-state index in [-0.39, 0.29) is 5.91 Å². The molecule has 0 aliphatic carbocycles. The van der Waals surface area contributed by atoms with Gasteiger partial charge in [0.1, 0.15) is 23.1 Å². The maximum Gasteiger partial charge on any atom is 0.270 e. The number of amides is 1. The molecule has 0 bridgehead atoms. The molecule has 0 radical (unpaired) electrons. The van der Waals surface area contributed by atoms with Crippen LogP contribution in [-0.2, 0) is 6.42 Å². The average molecular weight is 338 g/mol. The van der Waals surface area contributed by atoms with Gasteiger partial charge in [0.2, 0.25) is 0 Å². The van der Waals surface area contributed by atoms with Crippen molar-refractivity contribution in [1.82, 2.24) is 15.3 Å². The number of benzene rings is 1. The molecule has 2 aliphatic heterocycles. The topological polar surface area (TPSA) is 78.3 Å². The molecule has 0 unspecified atom stereocenters. The summed E-state index contributed by atoms with van der Waals surface area (Å²) in [5.41, 5.74) is 2.70. The van der Waals surface area contributed by atoms with E-state index in [0.717, 1.165) is 43.7 Å². The lowest BCUT2D eigenvalue weighted by Gasteiger charge is -2.35. The molecule has 2 aromatic rings. The standard InChI is InChI=1S/C19H22N4O2/c1-12-21-17-16(5-8-20-19(17)25)18(22-12)23-9-6-13(7-10-23)14-3-2-4-15(24)11-14/h2-4,11,13,24H,5-10H2,1H3,(H,20,25). The van der Waals surface area contributed by atoms with Gasteiger partial charge < -0.3 is 15.3 Å². The first kappa shape index (κ1) is 15.9. The molecule has 25 heavy (non-hydrogen) atoms. The fourth-order valence-corrected chi connectivity index (χ4v) is 3.85. The second-order valence-electron chi connectivity index (χ2n) is 6.78. The predicted octanol–water partition coefficient (Wildman–Crippen LogP) is 2.16. The van der Waals surface area contributed by atoms with E-state index in [4.69, 9.17) is 0 Å². The van der Waals surface area contributed by atoms with E-state index in [2.05, 4.69) is 26.3 Å². The number of phenols is 1. The number of hydrogen-bond acceptors (Lipinski definition) is 5. The minimum absolute atomic E-state index is 0.0948. The molecule has 6 heteroatoms. The van der Waals surface area contributed by atoms with Crippen LogP contribution in [0, 0.1) is 6.92 Å². The lowest BCUT2D eigenvalue weighted by Crippen LogP contribution is -2.38. The zero-order valence-electron chi connectivity index (χ0n) is 14.3. The van der Waals surface area contributed by atoms with Crippen LogP contribution in [0.2, 0.25) is 0 Å². The number of nitrogens with zero attached hydrogens (tertiary/aromatic N) is 3. The zero-order valence-corrected chi connectivity index (χ0v) is 14.3. The van der Waals surface area contributed by atoms with Gasteiger partial charge in [-0.25, -0.2) is 9.97 Å². The highest BCUT2D eigenvalue weighted by atomic mass is 16.3. The Morgan fingerprint density at radius 1 is 1.24 bits per heavy atom. The van der Waals surface area contributed by atoms with Gasteiger partial charge in [-0.15, -0.1) is 0 Å². The zero-order chi connectivity index (χ0) is 17.4. The minimum atomic E-state index is -0.0948. The number of carbonyl (C=O) groups is 1. The van der Waals surface area contributed by atoms with Gasteiger partial charge in [-0.2, -0.15) is 0 Å². The first-order chi connectivity index (χ1) is 12.1. The Bertz CT molecular complexity index is 813. The Hall–Kier alpha value is -2.63. The summed E-state index contributed by atoms with van der Waals surface area (Å²) < 4.78 is 0. The van der Waals surface area contributed by atoms with Gasteiger partial charge in [0.15, 0.2) is 0 Å². The number of nitrogens with one attached hydrogen (secondary N) is 1. The molecule has 4 rings (SSSR count). The van der Waals surface area contributed by atoms with E-state index in [9.17, 15) is 9.90 Å². The molecular formula is C19H22N4O2. The normalized spacial score (nSPS) is 18.0. The molecule has 1 amide bonds. The first-order valence-electron chi connectivity index (χ1n) is 8.81. The SMILES string of the molecule is Cc1nc2c(c(N3CCC(c4cccc(O)c4)CC3)n1)CCNC2=O. The Labute approximate surface area is 146 Å². The summed E-state index contributed by atoms with van der Waals surface area (Å²) in [6, 6.07) is 7.56. The van der Waals surface area contributed by atoms with Gasteiger partial charge in [-0.1, -0.05) is 12.1 Å². The maximum atomic E-state index is 12.1. The quantitative estimate of drug-likeness (QED) is 0.877. The number of aromatic nitrogens is 2. The van der Waals surface area contributed by atoms with Crippen molar-refractivity contribution in [2.45, 2.75) is 32.1 Å². The number of anilines is 1. The van der Waals surface area contributed by atoms with Gasteiger partial charge in [-0.05, 0) is 49.8 Å². The Morgan fingerprint density at radius 2 is 2.04 bits per heavy atom. The third-order valence-corrected chi connectivity index (χ3v) is 5.11. The summed E-state index contributed by atoms with van der Waals surface area (Å²) in [7, 11) is 0. The van der Waals surface area contributed by atoms with Crippen LogP contribution in [0.1, 0.15) is 46.2 Å². The second-order valence-corrected chi connectivity index (χ2v) is 6.78. The molecule has 1 aromatic carbocycles. The summed E-state index contributed by atoms with van der Waals surface area (Å²) in [6.45, 7) is 4.27. The van der Waals surface area contributed by atoms with Crippen LogP contribution < -0.4 is 10.2 Å². The van der Waals surface area contributed by atoms with Gasteiger partial charge in [0.25, 0.3) is 5.91 Å². The third kappa shape index (κ3) is 3.04. The second kappa shape index (κ2) is 6.35. The lowest BCUT2D eigenvalue weighted by molar-refractivity contribution is 0.0940. The molecular weight excluding hydrogens is 316 g/mol. The van der Waals surface area contributed by atoms with Crippen LogP contribution in [0.3, 0.4) is 0 Å². The monoisotopic (exact) mass is 338 g/mol. The third-order valence-electron chi connectivity index (χ3n) is 5.11. The fraction of sp³-hybridized carbons (Fsp3) is 0.421. The highest BCUT2D eigenvalue weighted by molar-refractivity contribution is 5.96. The van der Waals surface area contributed by atoms with Crippen molar-refractivity contribution in [3.63, 3.8) is 0 Å². The number of phenolic OH excluding ortho intramolecular Hbond substituents is 1. The molecule has 2 N–H and O–H groups in total. The van der Waals surface area contributed by atoms with Gasteiger partial charge >= 0.3 is 0 Å². The molecule has 1 fully saturated rings. The number of aromatic hydroxyl groups is 1. The van der Waals surface area contributed by atoms with Crippen LogP contribution in [0.25, 0.3) is 0 Å². The molecule has 2 aliphatic rings. The van der Waals surface area contributed by atoms with Crippen LogP contribution in [0.5, 0.6) is 5.75 Å². The Balaban J connectivity index is 1.56. The summed E-state index contributed by atoms with van der Waals surface area (Å²) in [5.74, 6) is 2.24. The van der Waals surface area contributed by atoms with Crippen molar-refractivity contribution in [3.8, 4) is 5.75 Å². The Morgan fingerprint density at radius 3 is 2.80 bits per heavy atom. The molecule has 0 saturated carbocycles. The maximum absolute atomic E-state index is 12.1. The van der Waals surface area contributed by atoms with E-state index in [1.54, 1.807) is 6.07 Å². The molecule has 1 saturated heterocycles. The van der Waals surface area contributed by atoms with Crippen molar-refractivity contribution in [2.75, 3.05) is 24.5 Å². The first-order valence-corrected chi connectivity index (χ1v) is 8.81. The van der Waals surface area contributed by atoms with Gasteiger partial charge in [-0.3, -0.25) is 4.79 Å². The van der Waals surface area contributed by atoms with Crippen LogP contribution in [0.15, 0.2) is 24.3 Å². The minimum Gasteiger partial charge on any atom is -0.508 e. The Kier molecular flexibility index (Phi) is 4.03. The largest absolute Gasteiger partial charge is 0.508 e. The highest BCUT2D eigenvalue weighted by Gasteiger charge is 2.28. The van der Waals surface area contributed by atoms with E-state index in [1.807, 2.05) is 19.1 Å². The number of hydrogen-bond donors (Lipinski definition) is 2. The lowest BCUT2D eigenvalue weighted by atomic mass is 9.89. The summed E-state index contributed by atoms with van der Waals surface area (Å²) in [4.78, 5) is 23.4. The van der Waals surface area contributed by atoms with Crippen molar-refractivity contribution in [1.29, 1.82) is 0 Å². The van der Waals surface area contributed by atoms with Gasteiger partial charge in [0.05, 0.1) is 0 Å². The molecule has 0 atom stereocenters. The molecule has 130 valence electrons. The van der Waals surface area contributed by atoms with Crippen molar-refractivity contribution in [2.24, 2.45) is 0 Å². The van der Waals surface area contributed by atoms with E-state index < -0.39 is 0 Å². The van der Waals surface area contributed by atoms with Crippen molar-refractivity contribution >= 4 is 11.7 Å². The molecule has 3 heterocycles. The molecule has 0 spiro atoms. The number of carbonyl (C=O) groups excluding carboxylic acids is 1. The van der Waals surface area contributed by atoms with Crippen molar-refractivity contribution < 1.29 is 9.90 Å². The predicted molar refractivity (Wildman–Crippen MR) is 95.1 cm³/mol. The van der Waals surface area contributed by atoms with E-state index in [0.29, 0.717) is 29.7 Å². The molecule has 6 nitrogen and oxygen atoms in total. The number of rotatable bonds is 2. The van der Waals surface area contributed by atoms with Crippen LogP contribution in [-0.4, -0.2) is 40.6 Å². The summed E-state index contributed by atoms with van der Waals surface area (Å²) in [5, 5.41) is 12.6. The molecule has 1 aromatic heterocycles. The highest BCUT2D eigenvalue weighted by Crippen LogP contribution is 2.33. The average Bonchev–Trinajstić information content (AvgIpc) is 2.62. The van der Waals surface area contributed by atoms with E-state index in [1.165, 1.54) is 5.56 Å². The van der Waals surface area contributed by atoms with E-state index >= 15 is 0 Å². The van der Waals surface area contributed by atoms with Gasteiger partial charge in [0, 0.05) is 25.2 Å².